The van der Waals surface area contributed by atoms with Gasteiger partial charge in [-0.25, -0.2) is 0 Å². The van der Waals surface area contributed by atoms with Crippen LogP contribution in [0.15, 0.2) is 0 Å². The predicted molar refractivity (Wildman–Crippen MR) is 36.9 cm³/mol. The van der Waals surface area contributed by atoms with E-state index in [1.807, 2.05) is 27.7 Å². The van der Waals surface area contributed by atoms with E-state index in [1.165, 1.54) is 0 Å². The molecule has 1 heteroatoms. The molecule has 0 aliphatic heterocycles. The number of carbonyl (C=O) groups excluding carboxylic acids is 1. The first-order valence-electron chi connectivity index (χ1n) is 3.21. The lowest BCUT2D eigenvalue weighted by Crippen LogP contribution is -1.84. The van der Waals surface area contributed by atoms with E-state index in [1.54, 1.807) is 0 Å². The Balaban J connectivity index is 0. The van der Waals surface area contributed by atoms with Crippen LogP contribution < -0.4 is 0 Å². The Hall–Kier alpha value is -0.330. The van der Waals surface area contributed by atoms with Crippen molar-refractivity contribution in [2.75, 3.05) is 0 Å². The standard InChI is InChI=1S/C5H10O.C2H6/c1-5(2)3-4-6;1-2/h4-5H,3H2,1-2H3;1-2H3. The molecule has 0 amide bonds. The molecule has 1 nitrogen and oxygen atoms in total. The molecule has 0 bridgehead atoms. The number of hydrogen-bond donors (Lipinski definition) is 0. The zero-order valence-electron chi connectivity index (χ0n) is 6.27. The minimum Gasteiger partial charge on any atom is -0.303 e. The van der Waals surface area contributed by atoms with E-state index in [0.717, 1.165) is 6.29 Å². The number of hydrogen-bond acceptors (Lipinski definition) is 1. The van der Waals surface area contributed by atoms with Crippen molar-refractivity contribution in [3.63, 3.8) is 0 Å². The smallest absolute Gasteiger partial charge is 0.120 e. The first-order chi connectivity index (χ1) is 3.77. The van der Waals surface area contributed by atoms with Crippen LogP contribution in [0.2, 0.25) is 0 Å². The summed E-state index contributed by atoms with van der Waals surface area (Å²) >= 11 is 0. The van der Waals surface area contributed by atoms with Crippen LogP contribution in [-0.2, 0) is 4.79 Å². The van der Waals surface area contributed by atoms with Gasteiger partial charge in [0.25, 0.3) is 0 Å². The van der Waals surface area contributed by atoms with Crippen molar-refractivity contribution in [1.29, 1.82) is 0 Å². The first kappa shape index (κ1) is 10.6. The molecule has 0 atom stereocenters. The van der Waals surface area contributed by atoms with Crippen LogP contribution >= 0.6 is 0 Å². The van der Waals surface area contributed by atoms with Gasteiger partial charge in [-0.05, 0) is 5.92 Å². The Kier molecular flexibility index (Phi) is 13.0. The Morgan fingerprint density at radius 1 is 1.38 bits per heavy atom. The van der Waals surface area contributed by atoms with Gasteiger partial charge < -0.3 is 4.79 Å². The second-order valence-corrected chi connectivity index (χ2v) is 1.80. The molecule has 0 rings (SSSR count). The molecule has 0 heterocycles. The Morgan fingerprint density at radius 3 is 1.75 bits per heavy atom. The Bertz CT molecular complexity index is 39.7. The van der Waals surface area contributed by atoms with Crippen LogP contribution in [0, 0.1) is 5.92 Å². The van der Waals surface area contributed by atoms with E-state index in [0.29, 0.717) is 12.3 Å². The van der Waals surface area contributed by atoms with E-state index in [9.17, 15) is 4.79 Å². The van der Waals surface area contributed by atoms with Gasteiger partial charge in [0.1, 0.15) is 6.29 Å². The maximum Gasteiger partial charge on any atom is 0.120 e. The first-order valence-corrected chi connectivity index (χ1v) is 3.21. The highest BCUT2D eigenvalue weighted by atomic mass is 16.1. The van der Waals surface area contributed by atoms with Crippen molar-refractivity contribution in [2.45, 2.75) is 34.1 Å². The largest absolute Gasteiger partial charge is 0.303 e. The van der Waals surface area contributed by atoms with Gasteiger partial charge in [0.15, 0.2) is 0 Å². The Morgan fingerprint density at radius 2 is 1.75 bits per heavy atom. The summed E-state index contributed by atoms with van der Waals surface area (Å²) < 4.78 is 0. The monoisotopic (exact) mass is 116 g/mol. The second-order valence-electron chi connectivity index (χ2n) is 1.80. The van der Waals surface area contributed by atoms with E-state index in [4.69, 9.17) is 0 Å². The van der Waals surface area contributed by atoms with E-state index in [-0.39, 0.29) is 0 Å². The lowest BCUT2D eigenvalue weighted by molar-refractivity contribution is -0.108. The molecule has 0 aromatic heterocycles. The van der Waals surface area contributed by atoms with Crippen LogP contribution in [-0.4, -0.2) is 6.29 Å². The summed E-state index contributed by atoms with van der Waals surface area (Å²) in [7, 11) is 0. The molecule has 0 saturated heterocycles. The summed E-state index contributed by atoms with van der Waals surface area (Å²) in [6.07, 6.45) is 1.64. The van der Waals surface area contributed by atoms with Crippen LogP contribution in [0.1, 0.15) is 34.1 Å². The van der Waals surface area contributed by atoms with Crippen molar-refractivity contribution in [1.82, 2.24) is 0 Å². The highest BCUT2D eigenvalue weighted by Gasteiger charge is 1.85. The molecule has 0 radical (unpaired) electrons. The minimum absolute atomic E-state index is 0.530. The summed E-state index contributed by atoms with van der Waals surface area (Å²) in [4.78, 5) is 9.62. The molecule has 0 aliphatic carbocycles. The van der Waals surface area contributed by atoms with Crippen molar-refractivity contribution < 1.29 is 4.79 Å². The fourth-order valence-corrected chi connectivity index (χ4v) is 0.192. The number of rotatable bonds is 2. The van der Waals surface area contributed by atoms with E-state index < -0.39 is 0 Å². The van der Waals surface area contributed by atoms with Crippen LogP contribution in [0.4, 0.5) is 0 Å². The average molecular weight is 116 g/mol. The third kappa shape index (κ3) is 17.3. The van der Waals surface area contributed by atoms with Gasteiger partial charge in [0, 0.05) is 6.42 Å². The van der Waals surface area contributed by atoms with Crippen LogP contribution in [0.25, 0.3) is 0 Å². The third-order valence-corrected chi connectivity index (χ3v) is 0.568. The SMILES string of the molecule is CC.CC(C)CC=O. The Labute approximate surface area is 52.1 Å². The van der Waals surface area contributed by atoms with Gasteiger partial charge in [-0.1, -0.05) is 27.7 Å². The molecule has 0 aliphatic rings. The molecule has 0 unspecified atom stereocenters. The molecule has 0 fully saturated rings. The quantitative estimate of drug-likeness (QED) is 0.506. The van der Waals surface area contributed by atoms with Crippen LogP contribution in [0.3, 0.4) is 0 Å². The summed E-state index contributed by atoms with van der Waals surface area (Å²) in [6, 6.07) is 0. The molecule has 0 N–H and O–H groups in total. The molecular formula is C7H16O. The van der Waals surface area contributed by atoms with E-state index in [2.05, 4.69) is 0 Å². The van der Waals surface area contributed by atoms with Gasteiger partial charge in [-0.15, -0.1) is 0 Å². The zero-order chi connectivity index (χ0) is 6.99. The fraction of sp³-hybridized carbons (Fsp3) is 0.857. The topological polar surface area (TPSA) is 17.1 Å². The maximum absolute atomic E-state index is 9.62. The fourth-order valence-electron chi connectivity index (χ4n) is 0.192. The summed E-state index contributed by atoms with van der Waals surface area (Å²) in [5.74, 6) is 0.530. The molecule has 50 valence electrons. The predicted octanol–water partition coefficient (Wildman–Crippen LogP) is 2.26. The summed E-state index contributed by atoms with van der Waals surface area (Å²) in [6.45, 7) is 8.04. The van der Waals surface area contributed by atoms with Crippen molar-refractivity contribution in [2.24, 2.45) is 5.92 Å². The van der Waals surface area contributed by atoms with E-state index >= 15 is 0 Å². The van der Waals surface area contributed by atoms with Gasteiger partial charge in [0.05, 0.1) is 0 Å². The van der Waals surface area contributed by atoms with Gasteiger partial charge in [-0.2, -0.15) is 0 Å². The van der Waals surface area contributed by atoms with Crippen molar-refractivity contribution in [3.05, 3.63) is 0 Å². The maximum atomic E-state index is 9.62. The summed E-state index contributed by atoms with van der Waals surface area (Å²) in [5.41, 5.74) is 0. The summed E-state index contributed by atoms with van der Waals surface area (Å²) in [5, 5.41) is 0. The molecule has 0 spiro atoms. The highest BCUT2D eigenvalue weighted by Crippen LogP contribution is 1.92. The zero-order valence-corrected chi connectivity index (χ0v) is 6.27. The highest BCUT2D eigenvalue weighted by molar-refractivity contribution is 5.49. The van der Waals surface area contributed by atoms with Gasteiger partial charge >= 0.3 is 0 Å². The average Bonchev–Trinajstić information content (AvgIpc) is 1.72. The molecule has 0 aromatic carbocycles. The lowest BCUT2D eigenvalue weighted by atomic mass is 10.2. The van der Waals surface area contributed by atoms with Gasteiger partial charge in [-0.3, -0.25) is 0 Å². The lowest BCUT2D eigenvalue weighted by Gasteiger charge is -1.89. The van der Waals surface area contributed by atoms with Crippen LogP contribution in [0.5, 0.6) is 0 Å². The number of carbonyl (C=O) groups is 1. The number of aldehydes is 1. The van der Waals surface area contributed by atoms with Crippen molar-refractivity contribution >= 4 is 6.29 Å². The van der Waals surface area contributed by atoms with Crippen molar-refractivity contribution in [3.8, 4) is 0 Å². The molecular weight excluding hydrogens is 100 g/mol. The molecule has 0 saturated carbocycles. The van der Waals surface area contributed by atoms with Gasteiger partial charge in [0.2, 0.25) is 0 Å². The second kappa shape index (κ2) is 9.83. The normalized spacial score (nSPS) is 7.62. The minimum atomic E-state index is 0.530. The third-order valence-electron chi connectivity index (χ3n) is 0.568. The molecule has 8 heavy (non-hydrogen) atoms. The molecule has 0 aromatic rings.